The van der Waals surface area contributed by atoms with Crippen LogP contribution in [0.4, 0.5) is 11.5 Å². The van der Waals surface area contributed by atoms with Crippen LogP contribution in [0.5, 0.6) is 11.6 Å². The zero-order chi connectivity index (χ0) is 26.6. The fourth-order valence-electron chi connectivity index (χ4n) is 4.97. The second-order valence-corrected chi connectivity index (χ2v) is 9.71. The highest BCUT2D eigenvalue weighted by atomic mass is 35.5. The molecule has 0 spiro atoms. The Kier molecular flexibility index (Phi) is 7.53. The van der Waals surface area contributed by atoms with E-state index in [1.807, 2.05) is 30.9 Å². The minimum atomic E-state index is -0.469. The second-order valence-electron chi connectivity index (χ2n) is 9.33. The van der Waals surface area contributed by atoms with Crippen molar-refractivity contribution in [2.45, 2.75) is 19.9 Å². The molecule has 1 fully saturated rings. The normalized spacial score (nSPS) is 14.1. The molecule has 194 valence electrons. The number of rotatable bonds is 7. The van der Waals surface area contributed by atoms with Gasteiger partial charge in [-0.25, -0.2) is 4.98 Å². The Labute approximate surface area is 226 Å². The molecule has 0 unspecified atom stereocenters. The number of benzene rings is 3. The summed E-state index contributed by atoms with van der Waals surface area (Å²) in [7, 11) is 0. The summed E-state index contributed by atoms with van der Waals surface area (Å²) in [5.41, 5.74) is 3.82. The number of hydrogen-bond acceptors (Lipinski definition) is 7. The highest BCUT2D eigenvalue weighted by Crippen LogP contribution is 2.38. The summed E-state index contributed by atoms with van der Waals surface area (Å²) in [6.07, 6.45) is 1.32. The number of halogens is 1. The molecule has 1 saturated heterocycles. The summed E-state index contributed by atoms with van der Waals surface area (Å²) < 4.78 is 5.91. The molecule has 4 aromatic rings. The molecule has 1 aliphatic heterocycles. The van der Waals surface area contributed by atoms with E-state index in [0.29, 0.717) is 37.0 Å². The minimum Gasteiger partial charge on any atom is -0.434 e. The van der Waals surface area contributed by atoms with Crippen LogP contribution >= 0.6 is 11.6 Å². The molecule has 38 heavy (non-hydrogen) atoms. The van der Waals surface area contributed by atoms with Gasteiger partial charge in [-0.05, 0) is 48.2 Å². The first-order valence-electron chi connectivity index (χ1n) is 12.4. The van der Waals surface area contributed by atoms with Gasteiger partial charge in [0.05, 0.1) is 11.0 Å². The van der Waals surface area contributed by atoms with E-state index in [4.69, 9.17) is 16.3 Å². The summed E-state index contributed by atoms with van der Waals surface area (Å²) in [5.74, 6) is 0.614. The number of aromatic nitrogens is 2. The molecule has 3 aromatic carbocycles. The standard InChI is InChI=1S/C29H28ClN5O3/c1-20-17-24(18-21(2)25(20)30)38-29-27(35(36)37)28(31-19-32-29)34-15-13-33(14-16-34)26(22-9-5-3-6-10-22)23-11-7-4-8-12-23/h3-12,17-19,26H,13-16H2,1-2H3. The van der Waals surface area contributed by atoms with Crippen molar-refractivity contribution in [3.8, 4) is 11.6 Å². The Morgan fingerprint density at radius 1 is 0.895 bits per heavy atom. The van der Waals surface area contributed by atoms with Gasteiger partial charge >= 0.3 is 11.6 Å². The highest BCUT2D eigenvalue weighted by Gasteiger charge is 2.33. The number of nitrogens with zero attached hydrogens (tertiary/aromatic N) is 5. The summed E-state index contributed by atoms with van der Waals surface area (Å²) in [4.78, 5) is 24.5. The third-order valence-corrected chi connectivity index (χ3v) is 7.38. The van der Waals surface area contributed by atoms with Crippen molar-refractivity contribution >= 4 is 23.1 Å². The van der Waals surface area contributed by atoms with Gasteiger partial charge in [0, 0.05) is 31.2 Å². The van der Waals surface area contributed by atoms with Crippen molar-refractivity contribution in [3.05, 3.63) is 117 Å². The number of ether oxygens (including phenoxy) is 1. The van der Waals surface area contributed by atoms with Crippen molar-refractivity contribution in [1.82, 2.24) is 14.9 Å². The Hall–Kier alpha value is -4.01. The lowest BCUT2D eigenvalue weighted by atomic mass is 9.96. The second kappa shape index (κ2) is 11.2. The van der Waals surface area contributed by atoms with Crippen LogP contribution in [0.1, 0.15) is 28.3 Å². The van der Waals surface area contributed by atoms with E-state index >= 15 is 0 Å². The first kappa shape index (κ1) is 25.6. The van der Waals surface area contributed by atoms with Gasteiger partial charge in [-0.15, -0.1) is 0 Å². The predicted molar refractivity (Wildman–Crippen MR) is 148 cm³/mol. The molecule has 0 aliphatic carbocycles. The van der Waals surface area contributed by atoms with E-state index in [9.17, 15) is 10.1 Å². The van der Waals surface area contributed by atoms with Gasteiger partial charge < -0.3 is 9.64 Å². The molecule has 1 aliphatic rings. The van der Waals surface area contributed by atoms with Crippen LogP contribution < -0.4 is 9.64 Å². The molecule has 5 rings (SSSR count). The van der Waals surface area contributed by atoms with Gasteiger partial charge in [0.1, 0.15) is 12.1 Å². The molecule has 0 saturated carbocycles. The van der Waals surface area contributed by atoms with Gasteiger partial charge in [-0.1, -0.05) is 72.3 Å². The molecular formula is C29H28ClN5O3. The van der Waals surface area contributed by atoms with Gasteiger partial charge in [-0.3, -0.25) is 15.0 Å². The largest absolute Gasteiger partial charge is 0.434 e. The molecule has 8 nitrogen and oxygen atoms in total. The van der Waals surface area contributed by atoms with Crippen LogP contribution in [-0.4, -0.2) is 46.0 Å². The highest BCUT2D eigenvalue weighted by molar-refractivity contribution is 6.32. The summed E-state index contributed by atoms with van der Waals surface area (Å²) in [6.45, 7) is 6.29. The maximum atomic E-state index is 12.2. The summed E-state index contributed by atoms with van der Waals surface area (Å²) in [5, 5.41) is 12.8. The zero-order valence-corrected chi connectivity index (χ0v) is 22.0. The van der Waals surface area contributed by atoms with Crippen molar-refractivity contribution in [1.29, 1.82) is 0 Å². The first-order chi connectivity index (χ1) is 18.4. The smallest absolute Gasteiger partial charge is 0.373 e. The molecule has 0 amide bonds. The van der Waals surface area contributed by atoms with Crippen molar-refractivity contribution in [3.63, 3.8) is 0 Å². The molecule has 2 heterocycles. The van der Waals surface area contributed by atoms with Crippen LogP contribution in [0.3, 0.4) is 0 Å². The fraction of sp³-hybridized carbons (Fsp3) is 0.241. The lowest BCUT2D eigenvalue weighted by Gasteiger charge is -2.40. The van der Waals surface area contributed by atoms with Crippen molar-refractivity contribution in [2.24, 2.45) is 0 Å². The van der Waals surface area contributed by atoms with Crippen LogP contribution in [0.2, 0.25) is 5.02 Å². The lowest BCUT2D eigenvalue weighted by molar-refractivity contribution is -0.385. The van der Waals surface area contributed by atoms with Crippen molar-refractivity contribution in [2.75, 3.05) is 31.1 Å². The van der Waals surface area contributed by atoms with E-state index in [2.05, 4.69) is 63.4 Å². The van der Waals surface area contributed by atoms with E-state index in [-0.39, 0.29) is 23.4 Å². The lowest BCUT2D eigenvalue weighted by Crippen LogP contribution is -2.48. The van der Waals surface area contributed by atoms with E-state index in [1.54, 1.807) is 12.1 Å². The maximum Gasteiger partial charge on any atom is 0.373 e. The van der Waals surface area contributed by atoms with Crippen LogP contribution in [-0.2, 0) is 0 Å². The number of hydrogen-bond donors (Lipinski definition) is 0. The fourth-order valence-corrected chi connectivity index (χ4v) is 5.08. The maximum absolute atomic E-state index is 12.2. The molecule has 1 aromatic heterocycles. The topological polar surface area (TPSA) is 84.6 Å². The van der Waals surface area contributed by atoms with Gasteiger partial charge in [-0.2, -0.15) is 4.98 Å². The number of anilines is 1. The van der Waals surface area contributed by atoms with Crippen LogP contribution in [0.25, 0.3) is 0 Å². The Morgan fingerprint density at radius 3 is 1.97 bits per heavy atom. The monoisotopic (exact) mass is 529 g/mol. The predicted octanol–water partition coefficient (Wildman–Crippen LogP) is 6.36. The van der Waals surface area contributed by atoms with Gasteiger partial charge in [0.15, 0.2) is 0 Å². The third kappa shape index (κ3) is 5.32. The SMILES string of the molecule is Cc1cc(Oc2ncnc(N3CCN(C(c4ccccc4)c4ccccc4)CC3)c2[N+](=O)[O-])cc(C)c1Cl. The molecule has 9 heteroatoms. The number of aryl methyl sites for hydroxylation is 2. The molecule has 0 atom stereocenters. The zero-order valence-electron chi connectivity index (χ0n) is 21.3. The average Bonchev–Trinajstić information content (AvgIpc) is 2.93. The molecular weight excluding hydrogens is 502 g/mol. The molecule has 0 N–H and O–H groups in total. The number of piperazine rings is 1. The third-order valence-electron chi connectivity index (χ3n) is 6.79. The van der Waals surface area contributed by atoms with Crippen LogP contribution in [0.15, 0.2) is 79.1 Å². The minimum absolute atomic E-state index is 0.0880. The quantitative estimate of drug-likeness (QED) is 0.203. The molecule has 0 bridgehead atoms. The average molecular weight is 530 g/mol. The van der Waals surface area contributed by atoms with Gasteiger partial charge in [0.25, 0.3) is 0 Å². The van der Waals surface area contributed by atoms with E-state index in [1.165, 1.54) is 17.5 Å². The summed E-state index contributed by atoms with van der Waals surface area (Å²) >= 11 is 6.27. The first-order valence-corrected chi connectivity index (χ1v) is 12.8. The van der Waals surface area contributed by atoms with E-state index < -0.39 is 4.92 Å². The molecule has 0 radical (unpaired) electrons. The Bertz CT molecular complexity index is 1360. The van der Waals surface area contributed by atoms with Crippen molar-refractivity contribution < 1.29 is 9.66 Å². The van der Waals surface area contributed by atoms with E-state index in [0.717, 1.165) is 11.1 Å². The Morgan fingerprint density at radius 2 is 1.45 bits per heavy atom. The summed E-state index contributed by atoms with van der Waals surface area (Å²) in [6, 6.07) is 24.4. The Balaban J connectivity index is 1.40. The van der Waals surface area contributed by atoms with Gasteiger partial charge in [0.2, 0.25) is 5.82 Å². The van der Waals surface area contributed by atoms with Crippen LogP contribution in [0, 0.1) is 24.0 Å². The number of nitro groups is 1.